The lowest BCUT2D eigenvalue weighted by molar-refractivity contribution is 0.0697. The molecule has 100 valence electrons. The standard InChI is InChI=1S/C14H8BrFN2O2/c15-9-5-4-8(7-17)12(6-9)18-13-10(14(19)20)2-1-3-11(13)16/h1-6,18H,(H,19,20). The van der Waals surface area contributed by atoms with E-state index in [1.165, 1.54) is 12.1 Å². The predicted octanol–water partition coefficient (Wildman–Crippen LogP) is 3.90. The van der Waals surface area contributed by atoms with Crippen LogP contribution >= 0.6 is 15.9 Å². The van der Waals surface area contributed by atoms with Crippen LogP contribution in [0.3, 0.4) is 0 Å². The Morgan fingerprint density at radius 1 is 1.35 bits per heavy atom. The molecule has 6 heteroatoms. The largest absolute Gasteiger partial charge is 0.478 e. The van der Waals surface area contributed by atoms with Crippen LogP contribution in [0.4, 0.5) is 15.8 Å². The van der Waals surface area contributed by atoms with Crippen LogP contribution in [0, 0.1) is 17.1 Å². The summed E-state index contributed by atoms with van der Waals surface area (Å²) >= 11 is 3.25. The molecule has 0 bridgehead atoms. The van der Waals surface area contributed by atoms with Crippen molar-refractivity contribution in [2.24, 2.45) is 0 Å². The van der Waals surface area contributed by atoms with Gasteiger partial charge in [-0.1, -0.05) is 22.0 Å². The highest BCUT2D eigenvalue weighted by molar-refractivity contribution is 9.10. The average molecular weight is 335 g/mol. The molecule has 0 spiro atoms. The molecule has 0 saturated heterocycles. The zero-order valence-electron chi connectivity index (χ0n) is 10.0. The van der Waals surface area contributed by atoms with Crippen LogP contribution in [-0.2, 0) is 0 Å². The molecule has 0 fully saturated rings. The highest BCUT2D eigenvalue weighted by Crippen LogP contribution is 2.28. The Labute approximate surface area is 122 Å². The molecule has 0 atom stereocenters. The first-order valence-electron chi connectivity index (χ1n) is 5.51. The molecule has 0 aliphatic heterocycles. The Morgan fingerprint density at radius 3 is 2.75 bits per heavy atom. The van der Waals surface area contributed by atoms with Gasteiger partial charge < -0.3 is 10.4 Å². The third-order valence-electron chi connectivity index (χ3n) is 2.61. The predicted molar refractivity (Wildman–Crippen MR) is 75.5 cm³/mol. The van der Waals surface area contributed by atoms with Gasteiger partial charge in [-0.05, 0) is 30.3 Å². The number of nitriles is 1. The number of hydrogen-bond acceptors (Lipinski definition) is 3. The molecule has 4 nitrogen and oxygen atoms in total. The third kappa shape index (κ3) is 2.78. The van der Waals surface area contributed by atoms with E-state index >= 15 is 0 Å². The molecule has 0 aliphatic rings. The summed E-state index contributed by atoms with van der Waals surface area (Å²) in [5.74, 6) is -1.95. The van der Waals surface area contributed by atoms with Gasteiger partial charge in [-0.15, -0.1) is 0 Å². The normalized spacial score (nSPS) is 9.85. The highest BCUT2D eigenvalue weighted by atomic mass is 79.9. The first kappa shape index (κ1) is 14.0. The summed E-state index contributed by atoms with van der Waals surface area (Å²) in [4.78, 5) is 11.1. The number of hydrogen-bond donors (Lipinski definition) is 2. The van der Waals surface area contributed by atoms with Crippen LogP contribution in [0.1, 0.15) is 15.9 Å². The van der Waals surface area contributed by atoms with E-state index in [0.29, 0.717) is 10.2 Å². The molecule has 2 aromatic rings. The van der Waals surface area contributed by atoms with Gasteiger partial charge >= 0.3 is 5.97 Å². The van der Waals surface area contributed by atoms with E-state index in [0.717, 1.165) is 6.07 Å². The topological polar surface area (TPSA) is 73.1 Å². The number of carbonyl (C=O) groups is 1. The van der Waals surface area contributed by atoms with Crippen molar-refractivity contribution in [1.29, 1.82) is 5.26 Å². The van der Waals surface area contributed by atoms with E-state index in [2.05, 4.69) is 21.2 Å². The summed E-state index contributed by atoms with van der Waals surface area (Å²) in [5, 5.41) is 20.8. The zero-order valence-corrected chi connectivity index (χ0v) is 11.6. The lowest BCUT2D eigenvalue weighted by Gasteiger charge is -2.12. The minimum Gasteiger partial charge on any atom is -0.478 e. The second kappa shape index (κ2) is 5.72. The molecular formula is C14H8BrFN2O2. The van der Waals surface area contributed by atoms with E-state index in [1.807, 2.05) is 6.07 Å². The molecule has 2 N–H and O–H groups in total. The monoisotopic (exact) mass is 334 g/mol. The van der Waals surface area contributed by atoms with Crippen LogP contribution < -0.4 is 5.32 Å². The molecule has 0 radical (unpaired) electrons. The number of aromatic carboxylic acids is 1. The van der Waals surface area contributed by atoms with Crippen molar-refractivity contribution in [3.05, 3.63) is 57.8 Å². The fraction of sp³-hybridized carbons (Fsp3) is 0. The van der Waals surface area contributed by atoms with Crippen molar-refractivity contribution in [3.63, 3.8) is 0 Å². The SMILES string of the molecule is N#Cc1ccc(Br)cc1Nc1c(F)cccc1C(=O)O. The Balaban J connectivity index is 2.53. The molecular weight excluding hydrogens is 327 g/mol. The van der Waals surface area contributed by atoms with Crippen molar-refractivity contribution >= 4 is 33.3 Å². The fourth-order valence-electron chi connectivity index (χ4n) is 1.68. The Bertz CT molecular complexity index is 726. The van der Waals surface area contributed by atoms with Gasteiger partial charge in [0.15, 0.2) is 0 Å². The van der Waals surface area contributed by atoms with Crippen molar-refractivity contribution in [1.82, 2.24) is 0 Å². The van der Waals surface area contributed by atoms with Gasteiger partial charge in [0.2, 0.25) is 0 Å². The zero-order chi connectivity index (χ0) is 14.7. The van der Waals surface area contributed by atoms with Crippen LogP contribution in [-0.4, -0.2) is 11.1 Å². The Hall–Kier alpha value is -2.39. The van der Waals surface area contributed by atoms with E-state index < -0.39 is 11.8 Å². The first-order valence-corrected chi connectivity index (χ1v) is 6.30. The third-order valence-corrected chi connectivity index (χ3v) is 3.10. The van der Waals surface area contributed by atoms with Crippen LogP contribution in [0.5, 0.6) is 0 Å². The molecule has 0 aromatic heterocycles. The Morgan fingerprint density at radius 2 is 2.10 bits per heavy atom. The van der Waals surface area contributed by atoms with Crippen LogP contribution in [0.25, 0.3) is 0 Å². The maximum absolute atomic E-state index is 13.8. The molecule has 20 heavy (non-hydrogen) atoms. The van der Waals surface area contributed by atoms with Crippen LogP contribution in [0.15, 0.2) is 40.9 Å². The number of benzene rings is 2. The Kier molecular flexibility index (Phi) is 4.01. The maximum Gasteiger partial charge on any atom is 0.337 e. The summed E-state index contributed by atoms with van der Waals surface area (Å²) in [6, 6.07) is 10.5. The van der Waals surface area contributed by atoms with Gasteiger partial charge in [-0.25, -0.2) is 9.18 Å². The minimum absolute atomic E-state index is 0.172. The van der Waals surface area contributed by atoms with E-state index in [1.54, 1.807) is 18.2 Å². The fourth-order valence-corrected chi connectivity index (χ4v) is 2.04. The van der Waals surface area contributed by atoms with Crippen molar-refractivity contribution in [3.8, 4) is 6.07 Å². The van der Waals surface area contributed by atoms with E-state index in [9.17, 15) is 9.18 Å². The van der Waals surface area contributed by atoms with Crippen molar-refractivity contribution < 1.29 is 14.3 Å². The summed E-state index contributed by atoms with van der Waals surface area (Å²) < 4.78 is 14.5. The molecule has 0 amide bonds. The number of nitrogens with zero attached hydrogens (tertiary/aromatic N) is 1. The van der Waals surface area contributed by atoms with Gasteiger partial charge in [-0.3, -0.25) is 0 Å². The summed E-state index contributed by atoms with van der Waals surface area (Å²) in [6.45, 7) is 0. The number of para-hydroxylation sites is 1. The lowest BCUT2D eigenvalue weighted by Crippen LogP contribution is -2.05. The van der Waals surface area contributed by atoms with Crippen molar-refractivity contribution in [2.45, 2.75) is 0 Å². The second-order valence-corrected chi connectivity index (χ2v) is 4.81. The summed E-state index contributed by atoms with van der Waals surface area (Å²) in [6.07, 6.45) is 0. The summed E-state index contributed by atoms with van der Waals surface area (Å²) in [7, 11) is 0. The summed E-state index contributed by atoms with van der Waals surface area (Å²) in [5.41, 5.74) is 0.241. The first-order chi connectivity index (χ1) is 9.52. The number of carboxylic acids is 1. The lowest BCUT2D eigenvalue weighted by atomic mass is 10.1. The van der Waals surface area contributed by atoms with Gasteiger partial charge in [0.05, 0.1) is 22.5 Å². The quantitative estimate of drug-likeness (QED) is 0.892. The van der Waals surface area contributed by atoms with Crippen LogP contribution in [0.2, 0.25) is 0 Å². The smallest absolute Gasteiger partial charge is 0.337 e. The maximum atomic E-state index is 13.8. The molecule has 0 aliphatic carbocycles. The number of anilines is 2. The molecule has 0 heterocycles. The van der Waals surface area contributed by atoms with Gasteiger partial charge in [0, 0.05) is 4.47 Å². The number of carboxylic acid groups (broad SMARTS) is 1. The molecule has 0 unspecified atom stereocenters. The average Bonchev–Trinajstić information content (AvgIpc) is 2.41. The number of nitrogens with one attached hydrogen (secondary N) is 1. The molecule has 2 aromatic carbocycles. The minimum atomic E-state index is -1.25. The number of halogens is 2. The van der Waals surface area contributed by atoms with Gasteiger partial charge in [0.1, 0.15) is 11.9 Å². The van der Waals surface area contributed by atoms with Gasteiger partial charge in [-0.2, -0.15) is 5.26 Å². The number of rotatable bonds is 3. The van der Waals surface area contributed by atoms with Gasteiger partial charge in [0.25, 0.3) is 0 Å². The van der Waals surface area contributed by atoms with Crippen molar-refractivity contribution in [2.75, 3.05) is 5.32 Å². The highest BCUT2D eigenvalue weighted by Gasteiger charge is 2.15. The molecule has 0 saturated carbocycles. The molecule has 2 rings (SSSR count). The van der Waals surface area contributed by atoms with E-state index in [-0.39, 0.29) is 16.8 Å². The van der Waals surface area contributed by atoms with E-state index in [4.69, 9.17) is 10.4 Å². The second-order valence-electron chi connectivity index (χ2n) is 3.89.